The molecule has 1 rings (SSSR count). The van der Waals surface area contributed by atoms with Crippen molar-refractivity contribution in [1.82, 2.24) is 4.98 Å². The van der Waals surface area contributed by atoms with Gasteiger partial charge in [-0.1, -0.05) is 0 Å². The van der Waals surface area contributed by atoms with Gasteiger partial charge in [0.2, 0.25) is 0 Å². The van der Waals surface area contributed by atoms with Gasteiger partial charge >= 0.3 is 0 Å². The van der Waals surface area contributed by atoms with Crippen LogP contribution in [-0.4, -0.2) is 24.6 Å². The highest BCUT2D eigenvalue weighted by Gasteiger charge is 2.04. The number of hydrogen-bond acceptors (Lipinski definition) is 3. The van der Waals surface area contributed by atoms with Gasteiger partial charge in [0.15, 0.2) is 0 Å². The average Bonchev–Trinajstić information content (AvgIpc) is 2.15. The van der Waals surface area contributed by atoms with Crippen LogP contribution in [0.3, 0.4) is 0 Å². The van der Waals surface area contributed by atoms with Crippen LogP contribution in [0.15, 0.2) is 18.5 Å². The van der Waals surface area contributed by atoms with Crippen molar-refractivity contribution >= 4 is 5.69 Å². The molecular weight excluding hydrogens is 174 g/mol. The second kappa shape index (κ2) is 4.96. The SMILES string of the molecule is Cc1cnccc1N(C)CCC(C)N. The zero-order chi connectivity index (χ0) is 10.6. The number of nitrogens with two attached hydrogens (primary N) is 1. The molecular formula is C11H19N3. The van der Waals surface area contributed by atoms with Gasteiger partial charge in [-0.25, -0.2) is 0 Å². The molecule has 2 N–H and O–H groups in total. The molecule has 0 bridgehead atoms. The van der Waals surface area contributed by atoms with Gasteiger partial charge in [-0.2, -0.15) is 0 Å². The van der Waals surface area contributed by atoms with Crippen LogP contribution in [0, 0.1) is 6.92 Å². The number of anilines is 1. The summed E-state index contributed by atoms with van der Waals surface area (Å²) in [6.07, 6.45) is 4.72. The highest BCUT2D eigenvalue weighted by Crippen LogP contribution is 2.16. The van der Waals surface area contributed by atoms with Crippen molar-refractivity contribution in [2.75, 3.05) is 18.5 Å². The van der Waals surface area contributed by atoms with Gasteiger partial charge in [-0.15, -0.1) is 0 Å². The van der Waals surface area contributed by atoms with Crippen LogP contribution in [0.1, 0.15) is 18.9 Å². The third-order valence-electron chi connectivity index (χ3n) is 2.32. The topological polar surface area (TPSA) is 42.2 Å². The molecule has 1 heterocycles. The quantitative estimate of drug-likeness (QED) is 0.789. The first kappa shape index (κ1) is 11.0. The van der Waals surface area contributed by atoms with Gasteiger partial charge in [0.05, 0.1) is 0 Å². The molecule has 1 unspecified atom stereocenters. The molecule has 3 nitrogen and oxygen atoms in total. The van der Waals surface area contributed by atoms with Gasteiger partial charge in [0, 0.05) is 37.7 Å². The summed E-state index contributed by atoms with van der Waals surface area (Å²) >= 11 is 0. The Hall–Kier alpha value is -1.09. The number of pyridine rings is 1. The van der Waals surface area contributed by atoms with Gasteiger partial charge in [-0.3, -0.25) is 4.98 Å². The molecule has 1 atom stereocenters. The van der Waals surface area contributed by atoms with Crippen LogP contribution in [0.2, 0.25) is 0 Å². The summed E-state index contributed by atoms with van der Waals surface area (Å²) in [5.41, 5.74) is 8.16. The van der Waals surface area contributed by atoms with E-state index in [2.05, 4.69) is 23.9 Å². The molecule has 3 heteroatoms. The minimum absolute atomic E-state index is 0.264. The molecule has 0 radical (unpaired) electrons. The molecule has 0 aliphatic rings. The van der Waals surface area contributed by atoms with E-state index in [0.717, 1.165) is 13.0 Å². The van der Waals surface area contributed by atoms with E-state index in [4.69, 9.17) is 5.73 Å². The fourth-order valence-corrected chi connectivity index (χ4v) is 1.41. The van der Waals surface area contributed by atoms with Crippen LogP contribution < -0.4 is 10.6 Å². The van der Waals surface area contributed by atoms with Crippen molar-refractivity contribution in [3.8, 4) is 0 Å². The molecule has 1 aromatic heterocycles. The fraction of sp³-hybridized carbons (Fsp3) is 0.545. The number of aromatic nitrogens is 1. The zero-order valence-corrected chi connectivity index (χ0v) is 9.20. The van der Waals surface area contributed by atoms with Crippen LogP contribution >= 0.6 is 0 Å². The second-order valence-corrected chi connectivity index (χ2v) is 3.85. The van der Waals surface area contributed by atoms with Crippen molar-refractivity contribution in [1.29, 1.82) is 0 Å². The maximum absolute atomic E-state index is 5.72. The molecule has 0 spiro atoms. The predicted molar refractivity (Wildman–Crippen MR) is 60.5 cm³/mol. The summed E-state index contributed by atoms with van der Waals surface area (Å²) in [6, 6.07) is 2.30. The molecule has 78 valence electrons. The molecule has 0 saturated carbocycles. The van der Waals surface area contributed by atoms with E-state index in [-0.39, 0.29) is 6.04 Å². The number of rotatable bonds is 4. The van der Waals surface area contributed by atoms with Crippen LogP contribution in [0.5, 0.6) is 0 Å². The normalized spacial score (nSPS) is 12.6. The van der Waals surface area contributed by atoms with E-state index >= 15 is 0 Å². The smallest absolute Gasteiger partial charge is 0.0424 e. The summed E-state index contributed by atoms with van der Waals surface area (Å²) in [7, 11) is 2.09. The highest BCUT2D eigenvalue weighted by atomic mass is 15.1. The van der Waals surface area contributed by atoms with Gasteiger partial charge in [0.1, 0.15) is 0 Å². The lowest BCUT2D eigenvalue weighted by molar-refractivity contribution is 0.658. The summed E-state index contributed by atoms with van der Waals surface area (Å²) < 4.78 is 0. The maximum Gasteiger partial charge on any atom is 0.0424 e. The van der Waals surface area contributed by atoms with Crippen molar-refractivity contribution in [3.63, 3.8) is 0 Å². The Morgan fingerprint density at radius 1 is 1.57 bits per heavy atom. The Balaban J connectivity index is 2.60. The molecule has 0 aliphatic heterocycles. The summed E-state index contributed by atoms with van der Waals surface area (Å²) in [5, 5.41) is 0. The fourth-order valence-electron chi connectivity index (χ4n) is 1.41. The number of aryl methyl sites for hydroxylation is 1. The summed E-state index contributed by atoms with van der Waals surface area (Å²) in [4.78, 5) is 6.29. The second-order valence-electron chi connectivity index (χ2n) is 3.85. The van der Waals surface area contributed by atoms with E-state index < -0.39 is 0 Å². The van der Waals surface area contributed by atoms with Gasteiger partial charge in [-0.05, 0) is 31.9 Å². The van der Waals surface area contributed by atoms with E-state index in [9.17, 15) is 0 Å². The molecule has 0 fully saturated rings. The first-order valence-electron chi connectivity index (χ1n) is 4.98. The largest absolute Gasteiger partial charge is 0.374 e. The monoisotopic (exact) mass is 193 g/mol. The van der Waals surface area contributed by atoms with Crippen molar-refractivity contribution in [2.24, 2.45) is 5.73 Å². The van der Waals surface area contributed by atoms with E-state index in [0.29, 0.717) is 0 Å². The Kier molecular flexibility index (Phi) is 3.89. The van der Waals surface area contributed by atoms with Crippen molar-refractivity contribution in [2.45, 2.75) is 26.3 Å². The minimum Gasteiger partial charge on any atom is -0.374 e. The number of nitrogens with zero attached hydrogens (tertiary/aromatic N) is 2. The predicted octanol–water partition coefficient (Wildman–Crippen LogP) is 1.56. The molecule has 0 saturated heterocycles. The van der Waals surface area contributed by atoms with Gasteiger partial charge < -0.3 is 10.6 Å². The van der Waals surface area contributed by atoms with Crippen molar-refractivity contribution in [3.05, 3.63) is 24.0 Å². The molecule has 14 heavy (non-hydrogen) atoms. The first-order valence-corrected chi connectivity index (χ1v) is 4.98. The molecule has 0 aromatic carbocycles. The van der Waals surface area contributed by atoms with Crippen molar-refractivity contribution < 1.29 is 0 Å². The average molecular weight is 193 g/mol. The molecule has 0 aliphatic carbocycles. The standard InChI is InChI=1S/C11H19N3/c1-9-8-13-6-4-11(9)14(3)7-5-10(2)12/h4,6,8,10H,5,7,12H2,1-3H3. The van der Waals surface area contributed by atoms with E-state index in [1.54, 1.807) is 0 Å². The Morgan fingerprint density at radius 3 is 2.86 bits per heavy atom. The van der Waals surface area contributed by atoms with Gasteiger partial charge in [0.25, 0.3) is 0 Å². The third-order valence-corrected chi connectivity index (χ3v) is 2.32. The van der Waals surface area contributed by atoms with Crippen LogP contribution in [0.25, 0.3) is 0 Å². The third kappa shape index (κ3) is 3.00. The summed E-state index contributed by atoms with van der Waals surface area (Å²) in [6.45, 7) is 5.10. The lowest BCUT2D eigenvalue weighted by atomic mass is 10.2. The Bertz CT molecular complexity index is 284. The highest BCUT2D eigenvalue weighted by molar-refractivity contribution is 5.50. The Morgan fingerprint density at radius 2 is 2.29 bits per heavy atom. The minimum atomic E-state index is 0.264. The van der Waals surface area contributed by atoms with E-state index in [1.807, 2.05) is 25.4 Å². The number of hydrogen-bond donors (Lipinski definition) is 1. The first-order chi connectivity index (χ1) is 6.61. The van der Waals surface area contributed by atoms with Crippen LogP contribution in [0.4, 0.5) is 5.69 Å². The molecule has 1 aromatic rings. The van der Waals surface area contributed by atoms with Crippen LogP contribution in [-0.2, 0) is 0 Å². The Labute approximate surface area is 85.9 Å². The van der Waals surface area contributed by atoms with E-state index in [1.165, 1.54) is 11.3 Å². The lowest BCUT2D eigenvalue weighted by Crippen LogP contribution is -2.26. The molecule has 0 amide bonds. The maximum atomic E-state index is 5.72. The zero-order valence-electron chi connectivity index (χ0n) is 9.20. The summed E-state index contributed by atoms with van der Waals surface area (Å²) in [5.74, 6) is 0. The lowest BCUT2D eigenvalue weighted by Gasteiger charge is -2.21.